The Kier molecular flexibility index (Phi) is 5.60. The monoisotopic (exact) mass is 180 g/mol. The molecule has 0 bridgehead atoms. The van der Waals surface area contributed by atoms with Crippen molar-refractivity contribution in [1.29, 1.82) is 0 Å². The third kappa shape index (κ3) is 3.28. The number of phenols is 1. The second-order valence-corrected chi connectivity index (χ2v) is 2.29. The topological polar surface area (TPSA) is 37.3 Å². The maximum absolute atomic E-state index is 11.1. The van der Waals surface area contributed by atoms with Crippen molar-refractivity contribution in [2.75, 3.05) is 0 Å². The van der Waals surface area contributed by atoms with E-state index in [4.69, 9.17) is 0 Å². The molecule has 0 unspecified atom stereocenters. The molecule has 0 radical (unpaired) electrons. The smallest absolute Gasteiger partial charge is 0.166 e. The molecule has 1 rings (SSSR count). The summed E-state index contributed by atoms with van der Waals surface area (Å²) >= 11 is 0. The number of ketones is 1. The fourth-order valence-electron chi connectivity index (χ4n) is 0.900. The van der Waals surface area contributed by atoms with Crippen molar-refractivity contribution in [3.05, 3.63) is 29.8 Å². The molecule has 72 valence electrons. The van der Waals surface area contributed by atoms with Crippen LogP contribution >= 0.6 is 0 Å². The van der Waals surface area contributed by atoms with Gasteiger partial charge in [-0.2, -0.15) is 0 Å². The minimum atomic E-state index is -0.0249. The number of carbonyl (C=O) groups is 1. The molecule has 0 aliphatic carbocycles. The first-order chi connectivity index (χ1) is 6.25. The van der Waals surface area contributed by atoms with Gasteiger partial charge in [-0.25, -0.2) is 0 Å². The first-order valence-electron chi connectivity index (χ1n) is 4.57. The lowest BCUT2D eigenvalue weighted by atomic mass is 10.1. The molecule has 0 aliphatic heterocycles. The van der Waals surface area contributed by atoms with Crippen LogP contribution in [0.5, 0.6) is 5.75 Å². The minimum absolute atomic E-state index is 0.0249. The van der Waals surface area contributed by atoms with Gasteiger partial charge in [-0.1, -0.05) is 32.9 Å². The molecule has 0 heterocycles. The predicted molar refractivity (Wildman–Crippen MR) is 54.1 cm³/mol. The average molecular weight is 180 g/mol. The molecule has 0 aliphatic rings. The van der Waals surface area contributed by atoms with Crippen LogP contribution in [0.2, 0.25) is 0 Å². The highest BCUT2D eigenvalue weighted by molar-refractivity contribution is 5.98. The lowest BCUT2D eigenvalue weighted by molar-refractivity contribution is 0.0985. The Morgan fingerprint density at radius 3 is 2.31 bits per heavy atom. The zero-order chi connectivity index (χ0) is 10.3. The van der Waals surface area contributed by atoms with Crippen LogP contribution in [0.4, 0.5) is 0 Å². The van der Waals surface area contributed by atoms with E-state index in [1.54, 1.807) is 25.1 Å². The van der Waals surface area contributed by atoms with E-state index in [1.165, 1.54) is 6.07 Å². The van der Waals surface area contributed by atoms with Crippen LogP contribution in [-0.2, 0) is 0 Å². The van der Waals surface area contributed by atoms with Crippen LogP contribution in [0.15, 0.2) is 24.3 Å². The van der Waals surface area contributed by atoms with Crippen LogP contribution in [0.3, 0.4) is 0 Å². The summed E-state index contributed by atoms with van der Waals surface area (Å²) in [5, 5.41) is 9.19. The van der Waals surface area contributed by atoms with Crippen LogP contribution in [0.1, 0.15) is 37.6 Å². The van der Waals surface area contributed by atoms with E-state index in [-0.39, 0.29) is 11.5 Å². The molecule has 0 saturated carbocycles. The molecule has 0 amide bonds. The Hall–Kier alpha value is -1.31. The molecule has 1 aromatic carbocycles. The van der Waals surface area contributed by atoms with Gasteiger partial charge in [-0.3, -0.25) is 4.79 Å². The van der Waals surface area contributed by atoms with Gasteiger partial charge in [-0.15, -0.1) is 0 Å². The molecule has 2 heteroatoms. The second kappa shape index (κ2) is 6.23. The van der Waals surface area contributed by atoms with E-state index in [0.717, 1.165) is 0 Å². The number of para-hydroxylation sites is 1. The number of phenolic OH excluding ortho intramolecular Hbond substituents is 1. The summed E-state index contributed by atoms with van der Waals surface area (Å²) in [5.41, 5.74) is 0.412. The molecule has 0 aromatic heterocycles. The summed E-state index contributed by atoms with van der Waals surface area (Å²) in [6.45, 7) is 5.77. The molecule has 0 saturated heterocycles. The molecule has 0 atom stereocenters. The zero-order valence-electron chi connectivity index (χ0n) is 8.37. The number of hydrogen-bond donors (Lipinski definition) is 1. The Morgan fingerprint density at radius 2 is 1.85 bits per heavy atom. The van der Waals surface area contributed by atoms with E-state index in [2.05, 4.69) is 0 Å². The van der Waals surface area contributed by atoms with Crippen LogP contribution < -0.4 is 0 Å². The minimum Gasteiger partial charge on any atom is -0.507 e. The van der Waals surface area contributed by atoms with Crippen molar-refractivity contribution >= 4 is 5.78 Å². The Balaban J connectivity index is 0.000000671. The summed E-state index contributed by atoms with van der Waals surface area (Å²) in [4.78, 5) is 11.1. The van der Waals surface area contributed by atoms with Crippen molar-refractivity contribution < 1.29 is 9.90 Å². The van der Waals surface area contributed by atoms with Crippen LogP contribution in [0.25, 0.3) is 0 Å². The third-order valence-corrected chi connectivity index (χ3v) is 1.53. The first kappa shape index (κ1) is 11.7. The van der Waals surface area contributed by atoms with Crippen LogP contribution in [0, 0.1) is 0 Å². The summed E-state index contributed by atoms with van der Waals surface area (Å²) in [5.74, 6) is 0.0439. The molecule has 1 N–H and O–H groups in total. The van der Waals surface area contributed by atoms with E-state index in [9.17, 15) is 9.90 Å². The number of Topliss-reactive ketones (excluding diaryl/α,β-unsaturated/α-hetero) is 1. The van der Waals surface area contributed by atoms with Gasteiger partial charge in [0, 0.05) is 6.42 Å². The maximum Gasteiger partial charge on any atom is 0.166 e. The maximum atomic E-state index is 11.1. The number of hydrogen-bond acceptors (Lipinski definition) is 2. The molecule has 2 nitrogen and oxygen atoms in total. The average Bonchev–Trinajstić information content (AvgIpc) is 2.20. The molecule has 1 aromatic rings. The van der Waals surface area contributed by atoms with E-state index < -0.39 is 0 Å². The van der Waals surface area contributed by atoms with Gasteiger partial charge in [0.25, 0.3) is 0 Å². The number of benzene rings is 1. The molecule has 13 heavy (non-hydrogen) atoms. The third-order valence-electron chi connectivity index (χ3n) is 1.53. The highest BCUT2D eigenvalue weighted by Crippen LogP contribution is 2.16. The van der Waals surface area contributed by atoms with Gasteiger partial charge in [0.15, 0.2) is 5.78 Å². The highest BCUT2D eigenvalue weighted by Gasteiger charge is 2.06. The van der Waals surface area contributed by atoms with E-state index >= 15 is 0 Å². The van der Waals surface area contributed by atoms with Crippen molar-refractivity contribution in [2.24, 2.45) is 0 Å². The van der Waals surface area contributed by atoms with Gasteiger partial charge < -0.3 is 5.11 Å². The first-order valence-corrected chi connectivity index (χ1v) is 4.57. The van der Waals surface area contributed by atoms with Gasteiger partial charge >= 0.3 is 0 Å². The van der Waals surface area contributed by atoms with Gasteiger partial charge in [0.05, 0.1) is 5.56 Å². The largest absolute Gasteiger partial charge is 0.507 e. The summed E-state index contributed by atoms with van der Waals surface area (Å²) in [7, 11) is 0. The normalized spacial score (nSPS) is 8.54. The standard InChI is InChI=1S/C9H10O2.C2H6/c1-2-8(10)7-5-3-4-6-9(7)11;1-2/h3-6,11H,2H2,1H3;1-2H3. The van der Waals surface area contributed by atoms with Crippen LogP contribution in [-0.4, -0.2) is 10.9 Å². The van der Waals surface area contributed by atoms with Gasteiger partial charge in [-0.05, 0) is 12.1 Å². The number of aromatic hydroxyl groups is 1. The molecular formula is C11H16O2. The van der Waals surface area contributed by atoms with E-state index in [0.29, 0.717) is 12.0 Å². The van der Waals surface area contributed by atoms with Crippen molar-refractivity contribution in [3.8, 4) is 5.75 Å². The Labute approximate surface area is 79.2 Å². The summed E-state index contributed by atoms with van der Waals surface area (Å²) in [6.07, 6.45) is 0.428. The van der Waals surface area contributed by atoms with Gasteiger partial charge in [0.2, 0.25) is 0 Å². The fraction of sp³-hybridized carbons (Fsp3) is 0.364. The van der Waals surface area contributed by atoms with Crippen molar-refractivity contribution in [3.63, 3.8) is 0 Å². The molecule has 0 fully saturated rings. The fourth-order valence-corrected chi connectivity index (χ4v) is 0.900. The lowest BCUT2D eigenvalue weighted by Crippen LogP contribution is -1.95. The van der Waals surface area contributed by atoms with Crippen molar-refractivity contribution in [1.82, 2.24) is 0 Å². The highest BCUT2D eigenvalue weighted by atomic mass is 16.3. The molecular weight excluding hydrogens is 164 g/mol. The quantitative estimate of drug-likeness (QED) is 0.710. The molecule has 0 spiro atoms. The summed E-state index contributed by atoms with van der Waals surface area (Å²) in [6, 6.07) is 6.58. The second-order valence-electron chi connectivity index (χ2n) is 2.29. The number of carbonyl (C=O) groups excluding carboxylic acids is 1. The van der Waals surface area contributed by atoms with E-state index in [1.807, 2.05) is 13.8 Å². The SMILES string of the molecule is CC.CCC(=O)c1ccccc1O. The summed E-state index contributed by atoms with van der Waals surface area (Å²) < 4.78 is 0. The number of rotatable bonds is 2. The predicted octanol–water partition coefficient (Wildman–Crippen LogP) is 3.01. The van der Waals surface area contributed by atoms with Crippen molar-refractivity contribution in [2.45, 2.75) is 27.2 Å². The van der Waals surface area contributed by atoms with Gasteiger partial charge in [0.1, 0.15) is 5.75 Å². The Bertz CT molecular complexity index is 267. The zero-order valence-corrected chi connectivity index (χ0v) is 8.37. The Morgan fingerprint density at radius 1 is 1.31 bits per heavy atom. The lowest BCUT2D eigenvalue weighted by Gasteiger charge is -1.99.